The molecule has 0 saturated carbocycles. The molecular weight excluding hydrogens is 403 g/mol. The summed E-state index contributed by atoms with van der Waals surface area (Å²) in [4.78, 5) is 11.1. The second-order valence-electron chi connectivity index (χ2n) is 7.21. The average molecular weight is 422 g/mol. The number of hydrogen-bond acceptors (Lipinski definition) is 8. The van der Waals surface area contributed by atoms with Crippen molar-refractivity contribution in [1.82, 2.24) is 25.3 Å². The van der Waals surface area contributed by atoms with E-state index >= 15 is 0 Å². The van der Waals surface area contributed by atoms with Crippen LogP contribution in [0.3, 0.4) is 0 Å². The van der Waals surface area contributed by atoms with Crippen LogP contribution in [0.25, 0.3) is 11.5 Å². The molecule has 5 rings (SSSR count). The average Bonchev–Trinajstić information content (AvgIpc) is 3.46. The summed E-state index contributed by atoms with van der Waals surface area (Å²) < 4.78 is 18.6. The Bertz CT molecular complexity index is 1110. The molecule has 0 amide bonds. The summed E-state index contributed by atoms with van der Waals surface area (Å²) in [6.45, 7) is 1.72. The van der Waals surface area contributed by atoms with Crippen LogP contribution >= 0.6 is 11.3 Å². The molecule has 0 radical (unpaired) electrons. The van der Waals surface area contributed by atoms with E-state index in [1.165, 1.54) is 12.1 Å². The fraction of sp³-hybridized carbons (Fsp3) is 0.286. The summed E-state index contributed by atoms with van der Waals surface area (Å²) in [6.07, 6.45) is 4.20. The minimum Gasteiger partial charge on any atom is -0.347 e. The smallest absolute Gasteiger partial charge is 0.230 e. The van der Waals surface area contributed by atoms with Crippen LogP contribution in [0.15, 0.2) is 53.2 Å². The molecule has 4 aromatic rings. The summed E-state index contributed by atoms with van der Waals surface area (Å²) in [5.74, 6) is 1.21. The first-order valence-corrected chi connectivity index (χ1v) is 10.6. The first-order chi connectivity index (χ1) is 14.7. The first kappa shape index (κ1) is 18.8. The molecule has 0 aliphatic carbocycles. The maximum Gasteiger partial charge on any atom is 0.230 e. The lowest BCUT2D eigenvalue weighted by Crippen LogP contribution is -2.32. The van der Waals surface area contributed by atoms with Gasteiger partial charge in [0.25, 0.3) is 0 Å². The lowest BCUT2D eigenvalue weighted by molar-refractivity contribution is 0.329. The van der Waals surface area contributed by atoms with Gasteiger partial charge in [0.1, 0.15) is 16.5 Å². The number of hydrogen-bond donors (Lipinski definition) is 0. The van der Waals surface area contributed by atoms with Gasteiger partial charge in [-0.05, 0) is 42.7 Å². The normalized spacial score (nSPS) is 14.9. The van der Waals surface area contributed by atoms with Gasteiger partial charge in [-0.2, -0.15) is 4.98 Å². The lowest BCUT2D eigenvalue weighted by atomic mass is 9.97. The van der Waals surface area contributed by atoms with Crippen molar-refractivity contribution in [2.24, 2.45) is 0 Å². The molecule has 7 nitrogen and oxygen atoms in total. The summed E-state index contributed by atoms with van der Waals surface area (Å²) in [5.41, 5.74) is 1.74. The largest absolute Gasteiger partial charge is 0.347 e. The van der Waals surface area contributed by atoms with E-state index in [4.69, 9.17) is 4.52 Å². The van der Waals surface area contributed by atoms with E-state index in [0.717, 1.165) is 41.6 Å². The van der Waals surface area contributed by atoms with Crippen molar-refractivity contribution in [3.05, 3.63) is 70.9 Å². The van der Waals surface area contributed by atoms with Crippen LogP contribution in [-0.2, 0) is 6.42 Å². The molecule has 0 N–H and O–H groups in total. The summed E-state index contributed by atoms with van der Waals surface area (Å²) in [7, 11) is 0. The highest BCUT2D eigenvalue weighted by atomic mass is 32.1. The van der Waals surface area contributed by atoms with Crippen LogP contribution in [0.5, 0.6) is 0 Å². The monoisotopic (exact) mass is 422 g/mol. The van der Waals surface area contributed by atoms with Crippen LogP contribution in [0.2, 0.25) is 0 Å². The van der Waals surface area contributed by atoms with Gasteiger partial charge in [-0.1, -0.05) is 34.7 Å². The molecule has 1 aliphatic heterocycles. The Labute approximate surface area is 176 Å². The van der Waals surface area contributed by atoms with E-state index < -0.39 is 0 Å². The Balaban J connectivity index is 1.20. The number of benzene rings is 1. The molecule has 1 fully saturated rings. The Morgan fingerprint density at radius 2 is 1.90 bits per heavy atom. The van der Waals surface area contributed by atoms with E-state index in [1.807, 2.05) is 18.2 Å². The van der Waals surface area contributed by atoms with Crippen molar-refractivity contribution in [1.29, 1.82) is 0 Å². The van der Waals surface area contributed by atoms with E-state index in [9.17, 15) is 4.39 Å². The van der Waals surface area contributed by atoms with Crippen molar-refractivity contribution < 1.29 is 8.91 Å². The SMILES string of the molecule is Fc1ccc(Cc2nnc(N3CCC(c4nc(-c5ccccn5)no4)CC3)s2)cc1. The van der Waals surface area contributed by atoms with Crippen molar-refractivity contribution in [2.45, 2.75) is 25.2 Å². The van der Waals surface area contributed by atoms with Crippen LogP contribution in [-0.4, -0.2) is 38.4 Å². The fourth-order valence-corrected chi connectivity index (χ4v) is 4.46. The van der Waals surface area contributed by atoms with Crippen molar-refractivity contribution >= 4 is 16.5 Å². The Morgan fingerprint density at radius 1 is 1.07 bits per heavy atom. The fourth-order valence-electron chi connectivity index (χ4n) is 3.54. The highest BCUT2D eigenvalue weighted by Gasteiger charge is 2.27. The number of rotatable bonds is 5. The molecule has 9 heteroatoms. The van der Waals surface area contributed by atoms with Gasteiger partial charge >= 0.3 is 0 Å². The summed E-state index contributed by atoms with van der Waals surface area (Å²) in [5, 5.41) is 14.6. The van der Waals surface area contributed by atoms with E-state index in [1.54, 1.807) is 29.7 Å². The molecular formula is C21H19FN6OS. The maximum atomic E-state index is 13.1. The van der Waals surface area contributed by atoms with Crippen molar-refractivity contribution in [2.75, 3.05) is 18.0 Å². The predicted octanol–water partition coefficient (Wildman–Crippen LogP) is 4.10. The number of nitrogens with zero attached hydrogens (tertiary/aromatic N) is 6. The van der Waals surface area contributed by atoms with Crippen molar-refractivity contribution in [3.63, 3.8) is 0 Å². The Hall–Kier alpha value is -3.20. The third kappa shape index (κ3) is 4.06. The van der Waals surface area contributed by atoms with Gasteiger partial charge in [0, 0.05) is 31.6 Å². The molecule has 4 heterocycles. The number of piperidine rings is 1. The highest BCUT2D eigenvalue weighted by Crippen LogP contribution is 2.32. The van der Waals surface area contributed by atoms with Crippen LogP contribution in [0.4, 0.5) is 9.52 Å². The Morgan fingerprint density at radius 3 is 2.67 bits per heavy atom. The van der Waals surface area contributed by atoms with Gasteiger partial charge in [0.15, 0.2) is 0 Å². The zero-order chi connectivity index (χ0) is 20.3. The number of halogens is 1. The molecule has 0 unspecified atom stereocenters. The van der Waals surface area contributed by atoms with Crippen LogP contribution < -0.4 is 4.90 Å². The molecule has 0 spiro atoms. The second kappa shape index (κ2) is 8.27. The molecule has 3 aromatic heterocycles. The zero-order valence-electron chi connectivity index (χ0n) is 16.1. The highest BCUT2D eigenvalue weighted by molar-refractivity contribution is 7.15. The van der Waals surface area contributed by atoms with Crippen LogP contribution in [0.1, 0.15) is 35.2 Å². The van der Waals surface area contributed by atoms with E-state index in [2.05, 4.69) is 30.2 Å². The van der Waals surface area contributed by atoms with Gasteiger partial charge in [0.2, 0.25) is 16.8 Å². The quantitative estimate of drug-likeness (QED) is 0.479. The Kier molecular flexibility index (Phi) is 5.18. The molecule has 152 valence electrons. The molecule has 1 saturated heterocycles. The first-order valence-electron chi connectivity index (χ1n) is 9.81. The number of aromatic nitrogens is 5. The van der Waals surface area contributed by atoms with Crippen LogP contribution in [0, 0.1) is 5.82 Å². The third-order valence-electron chi connectivity index (χ3n) is 5.18. The maximum absolute atomic E-state index is 13.1. The van der Waals surface area contributed by atoms with Gasteiger partial charge in [-0.25, -0.2) is 4.39 Å². The minimum absolute atomic E-state index is 0.229. The van der Waals surface area contributed by atoms with E-state index in [0.29, 0.717) is 23.8 Å². The number of pyridine rings is 1. The third-order valence-corrected chi connectivity index (χ3v) is 6.16. The standard InChI is InChI=1S/C21H19FN6OS/c22-16-6-4-14(5-7-16)13-18-25-26-21(30-18)28-11-8-15(9-12-28)20-24-19(27-29-20)17-3-1-2-10-23-17/h1-7,10,15H,8-9,11-13H2. The van der Waals surface area contributed by atoms with Gasteiger partial charge < -0.3 is 9.42 Å². The van der Waals surface area contributed by atoms with Gasteiger partial charge in [0.05, 0.1) is 0 Å². The molecule has 1 aromatic carbocycles. The van der Waals surface area contributed by atoms with E-state index in [-0.39, 0.29) is 11.7 Å². The summed E-state index contributed by atoms with van der Waals surface area (Å²) in [6, 6.07) is 12.1. The molecule has 1 aliphatic rings. The summed E-state index contributed by atoms with van der Waals surface area (Å²) >= 11 is 1.59. The minimum atomic E-state index is -0.229. The number of anilines is 1. The molecule has 0 bridgehead atoms. The molecule has 30 heavy (non-hydrogen) atoms. The topological polar surface area (TPSA) is 80.8 Å². The predicted molar refractivity (Wildman–Crippen MR) is 111 cm³/mol. The van der Waals surface area contributed by atoms with Gasteiger partial charge in [-0.3, -0.25) is 4.98 Å². The molecule has 0 atom stereocenters. The van der Waals surface area contributed by atoms with Crippen molar-refractivity contribution in [3.8, 4) is 11.5 Å². The second-order valence-corrected chi connectivity index (χ2v) is 8.25. The lowest BCUT2D eigenvalue weighted by Gasteiger charge is -2.29. The zero-order valence-corrected chi connectivity index (χ0v) is 16.9. The van der Waals surface area contributed by atoms with Gasteiger partial charge in [-0.15, -0.1) is 10.2 Å².